The molecule has 0 aliphatic carbocycles. The van der Waals surface area contributed by atoms with Gasteiger partial charge in [-0.15, -0.1) is 0 Å². The molecule has 0 atom stereocenters. The number of aromatic nitrogens is 1. The van der Waals surface area contributed by atoms with Gasteiger partial charge in [0.05, 0.1) is 6.20 Å². The lowest BCUT2D eigenvalue weighted by atomic mass is 9.89. The standard InChI is InChI=1S/C9H13FN2/c1-9(2,6-11)8-4-3-7(10)5-12-8/h3-5H,6,11H2,1-2H3. The van der Waals surface area contributed by atoms with Gasteiger partial charge in [-0.3, -0.25) is 4.98 Å². The van der Waals surface area contributed by atoms with E-state index >= 15 is 0 Å². The number of hydrogen-bond acceptors (Lipinski definition) is 2. The van der Waals surface area contributed by atoms with Gasteiger partial charge < -0.3 is 5.73 Å². The van der Waals surface area contributed by atoms with Crippen molar-refractivity contribution in [3.8, 4) is 0 Å². The Morgan fingerprint density at radius 2 is 2.17 bits per heavy atom. The molecule has 1 rings (SSSR count). The molecule has 0 amide bonds. The highest BCUT2D eigenvalue weighted by Crippen LogP contribution is 2.18. The fraction of sp³-hybridized carbons (Fsp3) is 0.444. The highest BCUT2D eigenvalue weighted by molar-refractivity contribution is 5.15. The first-order valence-electron chi connectivity index (χ1n) is 3.88. The maximum atomic E-state index is 12.5. The van der Waals surface area contributed by atoms with Crippen LogP contribution < -0.4 is 5.73 Å². The largest absolute Gasteiger partial charge is 0.330 e. The first-order chi connectivity index (χ1) is 5.56. The fourth-order valence-electron chi connectivity index (χ4n) is 0.881. The average molecular weight is 168 g/mol. The van der Waals surface area contributed by atoms with E-state index in [0.717, 1.165) is 5.69 Å². The van der Waals surface area contributed by atoms with Crippen molar-refractivity contribution in [2.45, 2.75) is 19.3 Å². The summed E-state index contributed by atoms with van der Waals surface area (Å²) < 4.78 is 12.5. The molecule has 0 aromatic carbocycles. The number of halogens is 1. The highest BCUT2D eigenvalue weighted by Gasteiger charge is 2.19. The maximum Gasteiger partial charge on any atom is 0.141 e. The van der Waals surface area contributed by atoms with E-state index in [0.29, 0.717) is 6.54 Å². The minimum atomic E-state index is -0.313. The van der Waals surface area contributed by atoms with Crippen LogP contribution >= 0.6 is 0 Å². The molecule has 1 heterocycles. The van der Waals surface area contributed by atoms with Gasteiger partial charge in [-0.1, -0.05) is 13.8 Å². The third kappa shape index (κ3) is 1.80. The number of nitrogens with two attached hydrogens (primary N) is 1. The summed E-state index contributed by atoms with van der Waals surface area (Å²) >= 11 is 0. The van der Waals surface area contributed by atoms with Crippen molar-refractivity contribution in [3.05, 3.63) is 29.8 Å². The molecule has 0 fully saturated rings. The Labute approximate surface area is 71.6 Å². The van der Waals surface area contributed by atoms with Crippen LogP contribution in [0.1, 0.15) is 19.5 Å². The summed E-state index contributed by atoms with van der Waals surface area (Å²) in [6, 6.07) is 3.07. The SMILES string of the molecule is CC(C)(CN)c1ccc(F)cn1. The zero-order valence-corrected chi connectivity index (χ0v) is 7.34. The second-order valence-electron chi connectivity index (χ2n) is 3.45. The zero-order chi connectivity index (χ0) is 9.19. The van der Waals surface area contributed by atoms with Crippen LogP contribution in [-0.2, 0) is 5.41 Å². The van der Waals surface area contributed by atoms with Gasteiger partial charge in [0.1, 0.15) is 5.82 Å². The molecule has 0 aliphatic rings. The lowest BCUT2D eigenvalue weighted by Crippen LogP contribution is -2.29. The van der Waals surface area contributed by atoms with E-state index in [1.165, 1.54) is 12.3 Å². The number of pyridine rings is 1. The Hall–Kier alpha value is -0.960. The predicted molar refractivity (Wildman–Crippen MR) is 46.3 cm³/mol. The van der Waals surface area contributed by atoms with Gasteiger partial charge in [0, 0.05) is 17.7 Å². The van der Waals surface area contributed by atoms with E-state index in [-0.39, 0.29) is 11.2 Å². The summed E-state index contributed by atoms with van der Waals surface area (Å²) in [6.45, 7) is 4.46. The third-order valence-electron chi connectivity index (χ3n) is 1.93. The predicted octanol–water partition coefficient (Wildman–Crippen LogP) is 1.46. The Kier molecular flexibility index (Phi) is 2.43. The summed E-state index contributed by atoms with van der Waals surface area (Å²) in [5.41, 5.74) is 6.20. The van der Waals surface area contributed by atoms with Crippen LogP contribution in [-0.4, -0.2) is 11.5 Å². The molecule has 1 aromatic rings. The van der Waals surface area contributed by atoms with Crippen molar-refractivity contribution in [1.29, 1.82) is 0 Å². The van der Waals surface area contributed by atoms with E-state index in [9.17, 15) is 4.39 Å². The molecule has 66 valence electrons. The minimum Gasteiger partial charge on any atom is -0.330 e. The number of rotatable bonds is 2. The maximum absolute atomic E-state index is 12.5. The Bertz CT molecular complexity index is 254. The summed E-state index contributed by atoms with van der Waals surface area (Å²) in [4.78, 5) is 3.97. The molecule has 0 bridgehead atoms. The molecular weight excluding hydrogens is 155 g/mol. The topological polar surface area (TPSA) is 38.9 Å². The van der Waals surface area contributed by atoms with Crippen molar-refractivity contribution in [2.75, 3.05) is 6.54 Å². The molecule has 2 N–H and O–H groups in total. The van der Waals surface area contributed by atoms with E-state index in [1.807, 2.05) is 13.8 Å². The van der Waals surface area contributed by atoms with Gasteiger partial charge in [0.15, 0.2) is 0 Å². The van der Waals surface area contributed by atoms with Gasteiger partial charge in [0.2, 0.25) is 0 Å². The summed E-state index contributed by atoms with van der Waals surface area (Å²) in [6.07, 6.45) is 1.22. The molecule has 2 nitrogen and oxygen atoms in total. The summed E-state index contributed by atoms with van der Waals surface area (Å²) in [5, 5.41) is 0. The Morgan fingerprint density at radius 1 is 1.50 bits per heavy atom. The van der Waals surface area contributed by atoms with Crippen LogP contribution in [0.4, 0.5) is 4.39 Å². The van der Waals surface area contributed by atoms with Crippen LogP contribution in [0.25, 0.3) is 0 Å². The van der Waals surface area contributed by atoms with E-state index in [1.54, 1.807) is 6.07 Å². The first-order valence-corrected chi connectivity index (χ1v) is 3.88. The molecule has 0 saturated carbocycles. The molecule has 3 heteroatoms. The number of hydrogen-bond donors (Lipinski definition) is 1. The van der Waals surface area contributed by atoms with Crippen molar-refractivity contribution in [1.82, 2.24) is 4.98 Å². The third-order valence-corrected chi connectivity index (χ3v) is 1.93. The lowest BCUT2D eigenvalue weighted by molar-refractivity contribution is 0.516. The normalized spacial score (nSPS) is 11.7. The number of nitrogens with zero attached hydrogens (tertiary/aromatic N) is 1. The monoisotopic (exact) mass is 168 g/mol. The molecule has 0 unspecified atom stereocenters. The highest BCUT2D eigenvalue weighted by atomic mass is 19.1. The van der Waals surface area contributed by atoms with Crippen molar-refractivity contribution < 1.29 is 4.39 Å². The van der Waals surface area contributed by atoms with Crippen molar-refractivity contribution >= 4 is 0 Å². The van der Waals surface area contributed by atoms with Crippen molar-refractivity contribution in [3.63, 3.8) is 0 Å². The lowest BCUT2D eigenvalue weighted by Gasteiger charge is -2.21. The molecule has 0 spiro atoms. The molecule has 0 radical (unpaired) electrons. The van der Waals surface area contributed by atoms with Gasteiger partial charge in [-0.2, -0.15) is 0 Å². The van der Waals surface area contributed by atoms with Gasteiger partial charge in [0.25, 0.3) is 0 Å². The second kappa shape index (κ2) is 3.19. The fourth-order valence-corrected chi connectivity index (χ4v) is 0.881. The first kappa shape index (κ1) is 9.13. The van der Waals surface area contributed by atoms with E-state index in [2.05, 4.69) is 4.98 Å². The quantitative estimate of drug-likeness (QED) is 0.726. The van der Waals surface area contributed by atoms with Crippen LogP contribution in [0, 0.1) is 5.82 Å². The molecular formula is C9H13FN2. The van der Waals surface area contributed by atoms with Gasteiger partial charge >= 0.3 is 0 Å². The smallest absolute Gasteiger partial charge is 0.141 e. The van der Waals surface area contributed by atoms with Crippen LogP contribution in [0.2, 0.25) is 0 Å². The van der Waals surface area contributed by atoms with Crippen molar-refractivity contribution in [2.24, 2.45) is 5.73 Å². The Morgan fingerprint density at radius 3 is 2.58 bits per heavy atom. The van der Waals surface area contributed by atoms with Crippen LogP contribution in [0.5, 0.6) is 0 Å². The average Bonchev–Trinajstić information content (AvgIpc) is 2.05. The molecule has 0 saturated heterocycles. The summed E-state index contributed by atoms with van der Waals surface area (Å²) in [7, 11) is 0. The molecule has 1 aromatic heterocycles. The van der Waals surface area contributed by atoms with Gasteiger partial charge in [-0.25, -0.2) is 4.39 Å². The van der Waals surface area contributed by atoms with Crippen LogP contribution in [0.3, 0.4) is 0 Å². The molecule has 12 heavy (non-hydrogen) atoms. The Balaban J connectivity index is 2.96. The zero-order valence-electron chi connectivity index (χ0n) is 7.34. The van der Waals surface area contributed by atoms with Gasteiger partial charge in [-0.05, 0) is 12.1 Å². The van der Waals surface area contributed by atoms with Crippen LogP contribution in [0.15, 0.2) is 18.3 Å². The molecule has 0 aliphatic heterocycles. The van der Waals surface area contributed by atoms with E-state index in [4.69, 9.17) is 5.73 Å². The summed E-state index contributed by atoms with van der Waals surface area (Å²) in [5.74, 6) is -0.313. The van der Waals surface area contributed by atoms with E-state index < -0.39 is 0 Å². The minimum absolute atomic E-state index is 0.173. The second-order valence-corrected chi connectivity index (χ2v) is 3.45.